The number of alkyl halides is 2. The number of nitrogens with two attached hydrogens (primary N) is 1. The standard InChI is InChI=1S/C19H14F2N2O5/c20-19(21)27-15-4-2-1-3-13(15)17-23-14(18(25)28-17)9-11-5-7-12(8-6-11)26-10-16(22)24/h1-9,19H,10H2,(H2,22,24)/b14-9-. The Kier molecular flexibility index (Phi) is 5.64. The number of amides is 1. The number of hydrogen-bond acceptors (Lipinski definition) is 6. The van der Waals surface area contributed by atoms with Crippen molar-refractivity contribution in [1.29, 1.82) is 0 Å². The number of aliphatic imine (C=N–C) groups is 1. The van der Waals surface area contributed by atoms with Gasteiger partial charge in [-0.2, -0.15) is 8.78 Å². The molecule has 1 aliphatic heterocycles. The molecule has 0 fully saturated rings. The van der Waals surface area contributed by atoms with E-state index in [0.29, 0.717) is 11.3 Å². The Morgan fingerprint density at radius 3 is 2.57 bits per heavy atom. The van der Waals surface area contributed by atoms with Crippen LogP contribution in [-0.4, -0.2) is 31.0 Å². The van der Waals surface area contributed by atoms with E-state index in [9.17, 15) is 18.4 Å². The van der Waals surface area contributed by atoms with E-state index in [1.165, 1.54) is 24.3 Å². The van der Waals surface area contributed by atoms with E-state index in [0.717, 1.165) is 0 Å². The van der Waals surface area contributed by atoms with Gasteiger partial charge in [-0.3, -0.25) is 4.79 Å². The van der Waals surface area contributed by atoms with Crippen LogP contribution >= 0.6 is 0 Å². The number of hydrogen-bond donors (Lipinski definition) is 1. The highest BCUT2D eigenvalue weighted by molar-refractivity contribution is 6.13. The Morgan fingerprint density at radius 2 is 1.89 bits per heavy atom. The fourth-order valence-corrected chi connectivity index (χ4v) is 2.34. The second kappa shape index (κ2) is 8.30. The summed E-state index contributed by atoms with van der Waals surface area (Å²) in [6.45, 7) is -3.27. The van der Waals surface area contributed by atoms with E-state index in [1.807, 2.05) is 0 Å². The van der Waals surface area contributed by atoms with Crippen LogP contribution in [0.3, 0.4) is 0 Å². The van der Waals surface area contributed by atoms with Crippen molar-refractivity contribution in [3.63, 3.8) is 0 Å². The van der Waals surface area contributed by atoms with Crippen molar-refractivity contribution < 1.29 is 32.6 Å². The quantitative estimate of drug-likeness (QED) is 0.580. The molecule has 2 N–H and O–H groups in total. The first-order valence-corrected chi connectivity index (χ1v) is 8.00. The van der Waals surface area contributed by atoms with Gasteiger partial charge in [-0.15, -0.1) is 0 Å². The molecule has 0 unspecified atom stereocenters. The number of benzene rings is 2. The van der Waals surface area contributed by atoms with E-state index < -0.39 is 18.5 Å². The molecule has 0 aliphatic carbocycles. The van der Waals surface area contributed by atoms with Crippen molar-refractivity contribution in [1.82, 2.24) is 0 Å². The van der Waals surface area contributed by atoms with Crippen molar-refractivity contribution in [2.24, 2.45) is 10.7 Å². The van der Waals surface area contributed by atoms with Crippen LogP contribution in [0, 0.1) is 0 Å². The van der Waals surface area contributed by atoms with Crippen LogP contribution in [0.15, 0.2) is 59.2 Å². The average Bonchev–Trinajstić information content (AvgIpc) is 3.01. The van der Waals surface area contributed by atoms with Crippen molar-refractivity contribution >= 4 is 23.9 Å². The SMILES string of the molecule is NC(=O)COc1ccc(/C=C2\N=C(c3ccccc3OC(F)F)OC2=O)cc1. The lowest BCUT2D eigenvalue weighted by molar-refractivity contribution is -0.130. The fraction of sp³-hybridized carbons (Fsp3) is 0.105. The lowest BCUT2D eigenvalue weighted by Crippen LogP contribution is -2.19. The fourth-order valence-electron chi connectivity index (χ4n) is 2.34. The minimum absolute atomic E-state index is 0.00680. The van der Waals surface area contributed by atoms with E-state index >= 15 is 0 Å². The molecule has 1 heterocycles. The summed E-state index contributed by atoms with van der Waals surface area (Å²) in [4.78, 5) is 26.9. The highest BCUT2D eigenvalue weighted by Crippen LogP contribution is 2.26. The zero-order valence-electron chi connectivity index (χ0n) is 14.3. The largest absolute Gasteiger partial charge is 0.484 e. The molecule has 28 heavy (non-hydrogen) atoms. The summed E-state index contributed by atoms with van der Waals surface area (Å²) in [6, 6.07) is 12.3. The van der Waals surface area contributed by atoms with E-state index in [-0.39, 0.29) is 29.5 Å². The number of carbonyl (C=O) groups is 2. The second-order valence-electron chi connectivity index (χ2n) is 5.53. The molecule has 2 aromatic rings. The lowest BCUT2D eigenvalue weighted by Gasteiger charge is -2.08. The van der Waals surface area contributed by atoms with Gasteiger partial charge in [0.15, 0.2) is 12.3 Å². The zero-order chi connectivity index (χ0) is 20.1. The maximum Gasteiger partial charge on any atom is 0.387 e. The summed E-state index contributed by atoms with van der Waals surface area (Å²) in [7, 11) is 0. The van der Waals surface area contributed by atoms with Gasteiger partial charge in [0.1, 0.15) is 11.5 Å². The highest BCUT2D eigenvalue weighted by atomic mass is 19.3. The minimum Gasteiger partial charge on any atom is -0.484 e. The van der Waals surface area contributed by atoms with Crippen LogP contribution in [-0.2, 0) is 14.3 Å². The lowest BCUT2D eigenvalue weighted by atomic mass is 10.2. The number of rotatable bonds is 7. The summed E-state index contributed by atoms with van der Waals surface area (Å²) < 4.78 is 39.7. The highest BCUT2D eigenvalue weighted by Gasteiger charge is 2.26. The van der Waals surface area contributed by atoms with Gasteiger partial charge < -0.3 is 19.9 Å². The van der Waals surface area contributed by atoms with Gasteiger partial charge in [0.25, 0.3) is 5.91 Å². The van der Waals surface area contributed by atoms with Crippen LogP contribution in [0.2, 0.25) is 0 Å². The Bertz CT molecular complexity index is 955. The topological polar surface area (TPSA) is 100 Å². The van der Waals surface area contributed by atoms with Crippen LogP contribution in [0.25, 0.3) is 6.08 Å². The summed E-state index contributed by atoms with van der Waals surface area (Å²) >= 11 is 0. The summed E-state index contributed by atoms with van der Waals surface area (Å²) in [5.74, 6) is -1.18. The van der Waals surface area contributed by atoms with Crippen LogP contribution in [0.4, 0.5) is 8.78 Å². The van der Waals surface area contributed by atoms with Gasteiger partial charge in [-0.25, -0.2) is 9.79 Å². The van der Waals surface area contributed by atoms with Crippen LogP contribution in [0.1, 0.15) is 11.1 Å². The van der Waals surface area contributed by atoms with E-state index in [1.54, 1.807) is 30.3 Å². The number of nitrogens with zero attached hydrogens (tertiary/aromatic N) is 1. The smallest absolute Gasteiger partial charge is 0.387 e. The van der Waals surface area contributed by atoms with Gasteiger partial charge in [-0.05, 0) is 35.9 Å². The van der Waals surface area contributed by atoms with Gasteiger partial charge in [-0.1, -0.05) is 24.3 Å². The molecule has 3 rings (SSSR count). The number of cyclic esters (lactones) is 1. The molecular formula is C19H14F2N2O5. The van der Waals surface area contributed by atoms with Gasteiger partial charge in [0, 0.05) is 0 Å². The number of para-hydroxylation sites is 1. The van der Waals surface area contributed by atoms with E-state index in [4.69, 9.17) is 15.2 Å². The van der Waals surface area contributed by atoms with Crippen molar-refractivity contribution in [3.05, 3.63) is 65.4 Å². The first-order valence-electron chi connectivity index (χ1n) is 8.00. The van der Waals surface area contributed by atoms with Crippen molar-refractivity contribution in [2.75, 3.05) is 6.61 Å². The molecule has 0 saturated heterocycles. The third kappa shape index (κ3) is 4.70. The van der Waals surface area contributed by atoms with Gasteiger partial charge in [0.05, 0.1) is 5.56 Å². The minimum atomic E-state index is -3.02. The molecule has 0 saturated carbocycles. The maximum absolute atomic E-state index is 12.5. The number of carbonyl (C=O) groups excluding carboxylic acids is 2. The first kappa shape index (κ1) is 19.0. The summed E-state index contributed by atoms with van der Waals surface area (Å²) in [5, 5.41) is 0. The van der Waals surface area contributed by atoms with Crippen molar-refractivity contribution in [3.8, 4) is 11.5 Å². The molecule has 9 heteroatoms. The molecule has 7 nitrogen and oxygen atoms in total. The summed E-state index contributed by atoms with van der Waals surface area (Å²) in [6.07, 6.45) is 1.46. The van der Waals surface area contributed by atoms with Gasteiger partial charge >= 0.3 is 12.6 Å². The molecule has 0 atom stereocenters. The number of esters is 1. The molecule has 0 spiro atoms. The Labute approximate surface area is 158 Å². The average molecular weight is 388 g/mol. The van der Waals surface area contributed by atoms with Gasteiger partial charge in [0.2, 0.25) is 5.90 Å². The number of primary amides is 1. The Balaban J connectivity index is 1.81. The molecular weight excluding hydrogens is 374 g/mol. The molecule has 144 valence electrons. The second-order valence-corrected chi connectivity index (χ2v) is 5.53. The Hall–Kier alpha value is -3.75. The molecule has 0 aromatic heterocycles. The molecule has 0 radical (unpaired) electrons. The summed E-state index contributed by atoms with van der Waals surface area (Å²) in [5.41, 5.74) is 5.74. The monoisotopic (exact) mass is 388 g/mol. The predicted octanol–water partition coefficient (Wildman–Crippen LogP) is 2.50. The predicted molar refractivity (Wildman–Crippen MR) is 94.8 cm³/mol. The normalized spacial score (nSPS) is 14.8. The number of ether oxygens (including phenoxy) is 3. The first-order chi connectivity index (χ1) is 13.4. The zero-order valence-corrected chi connectivity index (χ0v) is 14.3. The molecule has 1 aliphatic rings. The molecule has 0 bridgehead atoms. The molecule has 1 amide bonds. The van der Waals surface area contributed by atoms with Crippen LogP contribution in [0.5, 0.6) is 11.5 Å². The Morgan fingerprint density at radius 1 is 1.18 bits per heavy atom. The van der Waals surface area contributed by atoms with Crippen molar-refractivity contribution in [2.45, 2.75) is 6.61 Å². The third-order valence-electron chi connectivity index (χ3n) is 3.52. The number of halogens is 2. The van der Waals surface area contributed by atoms with E-state index in [2.05, 4.69) is 9.73 Å². The van der Waals surface area contributed by atoms with Crippen LogP contribution < -0.4 is 15.2 Å². The third-order valence-corrected chi connectivity index (χ3v) is 3.52. The molecule has 2 aromatic carbocycles. The maximum atomic E-state index is 12.5.